The average Bonchev–Trinajstić information content (AvgIpc) is 2.79. The highest BCUT2D eigenvalue weighted by molar-refractivity contribution is 7.09. The molecule has 6 heteroatoms. The molecule has 0 aliphatic heterocycles. The molecule has 4 nitrogen and oxygen atoms in total. The minimum Gasteiger partial charge on any atom is -0.485 e. The number of nitrogens with zero attached hydrogens (tertiary/aromatic N) is 1. The van der Waals surface area contributed by atoms with E-state index in [-0.39, 0.29) is 0 Å². The van der Waals surface area contributed by atoms with Crippen LogP contribution in [0.1, 0.15) is 16.3 Å². The van der Waals surface area contributed by atoms with Crippen molar-refractivity contribution in [2.75, 3.05) is 0 Å². The third-order valence-electron chi connectivity index (χ3n) is 2.27. The number of aryl methyl sites for hydroxylation is 1. The van der Waals surface area contributed by atoms with Crippen LogP contribution in [0.2, 0.25) is 5.02 Å². The van der Waals surface area contributed by atoms with E-state index in [4.69, 9.17) is 22.2 Å². The van der Waals surface area contributed by atoms with Crippen LogP contribution in [0.4, 0.5) is 0 Å². The zero-order valence-corrected chi connectivity index (χ0v) is 11.4. The Bertz CT molecular complexity index is 531. The molecule has 2 N–H and O–H groups in total. The summed E-state index contributed by atoms with van der Waals surface area (Å²) in [4.78, 5) is 8.83. The predicted octanol–water partition coefficient (Wildman–Crippen LogP) is 3.07. The third-order valence-corrected chi connectivity index (χ3v) is 3.45. The second kappa shape index (κ2) is 6.15. The quantitative estimate of drug-likeness (QED) is 0.857. The number of hydrogen-bond acceptors (Lipinski definition) is 5. The second-order valence-corrected chi connectivity index (χ2v) is 5.12. The van der Waals surface area contributed by atoms with Crippen molar-refractivity contribution in [3.8, 4) is 5.75 Å². The number of ether oxygens (including phenoxy) is 1. The highest BCUT2D eigenvalue weighted by Gasteiger charge is 2.05. The van der Waals surface area contributed by atoms with E-state index < -0.39 is 0 Å². The zero-order chi connectivity index (χ0) is 13.0. The molecule has 1 heterocycles. The van der Waals surface area contributed by atoms with Crippen LogP contribution in [0.25, 0.3) is 0 Å². The van der Waals surface area contributed by atoms with Crippen LogP contribution in [-0.2, 0) is 18.1 Å². The normalized spacial score (nSPS) is 10.6. The summed E-state index contributed by atoms with van der Waals surface area (Å²) in [6.07, 6.45) is 0. The van der Waals surface area contributed by atoms with Crippen molar-refractivity contribution in [2.45, 2.75) is 20.1 Å². The fraction of sp³-hybridized carbons (Fsp3) is 0.250. The van der Waals surface area contributed by atoms with E-state index in [2.05, 4.69) is 9.82 Å². The van der Waals surface area contributed by atoms with E-state index in [1.54, 1.807) is 0 Å². The number of benzene rings is 1. The number of thiazole rings is 1. The highest BCUT2D eigenvalue weighted by Crippen LogP contribution is 2.26. The Labute approximate surface area is 114 Å². The first-order valence-electron chi connectivity index (χ1n) is 5.33. The Kier molecular flexibility index (Phi) is 4.54. The standard InChI is InChI=1S/C12H13ClN2O2S/c1-8-2-3-10(13)11(4-8)16-6-12-15-9(5-17-14)7-18-12/h2-4,7H,5-6,14H2,1H3. The van der Waals surface area contributed by atoms with E-state index in [0.29, 0.717) is 24.0 Å². The van der Waals surface area contributed by atoms with Gasteiger partial charge in [0.15, 0.2) is 0 Å². The van der Waals surface area contributed by atoms with Crippen LogP contribution in [0.5, 0.6) is 5.75 Å². The van der Waals surface area contributed by atoms with Gasteiger partial charge >= 0.3 is 0 Å². The second-order valence-electron chi connectivity index (χ2n) is 3.77. The summed E-state index contributed by atoms with van der Waals surface area (Å²) in [6, 6.07) is 5.66. The summed E-state index contributed by atoms with van der Waals surface area (Å²) < 4.78 is 5.64. The van der Waals surface area contributed by atoms with Crippen molar-refractivity contribution in [2.24, 2.45) is 5.90 Å². The summed E-state index contributed by atoms with van der Waals surface area (Å²) in [5, 5.41) is 3.35. The monoisotopic (exact) mass is 284 g/mol. The smallest absolute Gasteiger partial charge is 0.140 e. The van der Waals surface area contributed by atoms with Gasteiger partial charge < -0.3 is 4.74 Å². The van der Waals surface area contributed by atoms with Crippen molar-refractivity contribution in [3.05, 3.63) is 44.9 Å². The Morgan fingerprint density at radius 2 is 2.22 bits per heavy atom. The number of rotatable bonds is 5. The summed E-state index contributed by atoms with van der Waals surface area (Å²) in [5.41, 5.74) is 1.90. The molecule has 0 aliphatic rings. The first kappa shape index (κ1) is 13.3. The Morgan fingerprint density at radius 3 is 3.00 bits per heavy atom. The first-order chi connectivity index (χ1) is 8.69. The van der Waals surface area contributed by atoms with Gasteiger partial charge in [0.1, 0.15) is 24.0 Å². The van der Waals surface area contributed by atoms with E-state index in [0.717, 1.165) is 16.3 Å². The molecule has 0 atom stereocenters. The first-order valence-corrected chi connectivity index (χ1v) is 6.58. The molecule has 0 aliphatic carbocycles. The molecule has 18 heavy (non-hydrogen) atoms. The highest BCUT2D eigenvalue weighted by atomic mass is 35.5. The summed E-state index contributed by atoms with van der Waals surface area (Å²) in [7, 11) is 0. The van der Waals surface area contributed by atoms with Gasteiger partial charge in [0.2, 0.25) is 0 Å². The van der Waals surface area contributed by atoms with Gasteiger partial charge in [-0.25, -0.2) is 10.9 Å². The molecule has 0 radical (unpaired) electrons. The maximum atomic E-state index is 6.04. The zero-order valence-electron chi connectivity index (χ0n) is 9.85. The summed E-state index contributed by atoms with van der Waals surface area (Å²) in [5.74, 6) is 5.66. The van der Waals surface area contributed by atoms with Crippen LogP contribution in [-0.4, -0.2) is 4.98 Å². The van der Waals surface area contributed by atoms with Crippen molar-refractivity contribution in [3.63, 3.8) is 0 Å². The molecule has 2 rings (SSSR count). The lowest BCUT2D eigenvalue weighted by molar-refractivity contribution is 0.121. The molecule has 0 spiro atoms. The molecule has 1 aromatic heterocycles. The maximum absolute atomic E-state index is 6.04. The van der Waals surface area contributed by atoms with Gasteiger partial charge in [-0.2, -0.15) is 0 Å². The number of aromatic nitrogens is 1. The Balaban J connectivity index is 1.99. The molecule has 0 unspecified atom stereocenters. The van der Waals surface area contributed by atoms with Crippen LogP contribution >= 0.6 is 22.9 Å². The summed E-state index contributed by atoms with van der Waals surface area (Å²) in [6.45, 7) is 2.68. The van der Waals surface area contributed by atoms with Gasteiger partial charge in [0.25, 0.3) is 0 Å². The van der Waals surface area contributed by atoms with Crippen molar-refractivity contribution < 1.29 is 9.57 Å². The molecule has 1 aromatic carbocycles. The van der Waals surface area contributed by atoms with Crippen LogP contribution in [0, 0.1) is 6.92 Å². The van der Waals surface area contributed by atoms with Gasteiger partial charge in [-0.1, -0.05) is 17.7 Å². The van der Waals surface area contributed by atoms with Gasteiger partial charge in [-0.05, 0) is 24.6 Å². The topological polar surface area (TPSA) is 57.4 Å². The molecule has 0 bridgehead atoms. The minimum absolute atomic E-state index is 0.307. The van der Waals surface area contributed by atoms with Gasteiger partial charge in [0, 0.05) is 5.38 Å². The molecule has 96 valence electrons. The Morgan fingerprint density at radius 1 is 1.39 bits per heavy atom. The van der Waals surface area contributed by atoms with E-state index in [1.807, 2.05) is 30.5 Å². The number of hydrogen-bond donors (Lipinski definition) is 1. The summed E-state index contributed by atoms with van der Waals surface area (Å²) >= 11 is 7.54. The predicted molar refractivity (Wildman–Crippen MR) is 71.6 cm³/mol. The van der Waals surface area contributed by atoms with Crippen molar-refractivity contribution in [1.29, 1.82) is 0 Å². The lowest BCUT2D eigenvalue weighted by Gasteiger charge is -2.06. The molecule has 0 fully saturated rings. The molecule has 0 amide bonds. The molecule has 2 aromatic rings. The third kappa shape index (κ3) is 3.43. The van der Waals surface area contributed by atoms with Crippen molar-refractivity contribution in [1.82, 2.24) is 4.98 Å². The fourth-order valence-corrected chi connectivity index (χ4v) is 2.29. The Hall–Kier alpha value is -1.14. The van der Waals surface area contributed by atoms with E-state index >= 15 is 0 Å². The van der Waals surface area contributed by atoms with Crippen LogP contribution in [0.3, 0.4) is 0 Å². The molecular weight excluding hydrogens is 272 g/mol. The van der Waals surface area contributed by atoms with Crippen molar-refractivity contribution >= 4 is 22.9 Å². The molecule has 0 saturated carbocycles. The lowest BCUT2D eigenvalue weighted by atomic mass is 10.2. The number of nitrogens with two attached hydrogens (primary N) is 1. The SMILES string of the molecule is Cc1ccc(Cl)c(OCc2nc(CON)cs2)c1. The fourth-order valence-electron chi connectivity index (χ4n) is 1.43. The number of halogens is 1. The van der Waals surface area contributed by atoms with Crippen LogP contribution in [0.15, 0.2) is 23.6 Å². The van der Waals surface area contributed by atoms with Gasteiger partial charge in [-0.3, -0.25) is 4.84 Å². The van der Waals surface area contributed by atoms with E-state index in [9.17, 15) is 0 Å². The van der Waals surface area contributed by atoms with Crippen LogP contribution < -0.4 is 10.6 Å². The van der Waals surface area contributed by atoms with Gasteiger partial charge in [0.05, 0.1) is 10.7 Å². The van der Waals surface area contributed by atoms with E-state index in [1.165, 1.54) is 11.3 Å². The minimum atomic E-state index is 0.307. The maximum Gasteiger partial charge on any atom is 0.140 e. The lowest BCUT2D eigenvalue weighted by Crippen LogP contribution is -2.00. The molecular formula is C12H13ClN2O2S. The average molecular weight is 285 g/mol. The molecule has 0 saturated heterocycles. The van der Waals surface area contributed by atoms with Gasteiger partial charge in [-0.15, -0.1) is 11.3 Å². The largest absolute Gasteiger partial charge is 0.485 e.